The van der Waals surface area contributed by atoms with Crippen LogP contribution < -0.4 is 0 Å². The maximum atomic E-state index is 12.7. The molecular weight excluding hydrogens is 322 g/mol. The van der Waals surface area contributed by atoms with Crippen molar-refractivity contribution in [3.8, 4) is 0 Å². The van der Waals surface area contributed by atoms with Crippen LogP contribution in [-0.2, 0) is 6.54 Å². The van der Waals surface area contributed by atoms with Gasteiger partial charge in [0.05, 0.1) is 18.4 Å². The predicted octanol–water partition coefficient (Wildman–Crippen LogP) is 0.139. The summed E-state index contributed by atoms with van der Waals surface area (Å²) in [6, 6.07) is 0. The van der Waals surface area contributed by atoms with Crippen molar-refractivity contribution in [3.05, 3.63) is 29.7 Å². The molecule has 25 heavy (non-hydrogen) atoms. The lowest BCUT2D eigenvalue weighted by Crippen LogP contribution is -2.48. The second-order valence-electron chi connectivity index (χ2n) is 6.42. The van der Waals surface area contributed by atoms with E-state index in [0.29, 0.717) is 24.2 Å². The first-order chi connectivity index (χ1) is 12.0. The first-order valence-corrected chi connectivity index (χ1v) is 8.73. The summed E-state index contributed by atoms with van der Waals surface area (Å²) in [5.41, 5.74) is 1.96. The van der Waals surface area contributed by atoms with E-state index in [-0.39, 0.29) is 12.5 Å². The van der Waals surface area contributed by atoms with Crippen LogP contribution in [0.25, 0.3) is 5.65 Å². The Bertz CT molecular complexity index is 743. The Balaban J connectivity index is 1.80. The van der Waals surface area contributed by atoms with Crippen LogP contribution in [0.5, 0.6) is 0 Å². The normalized spacial score (nSPS) is 21.2. The van der Waals surface area contributed by atoms with Crippen LogP contribution in [-0.4, -0.2) is 78.9 Å². The van der Waals surface area contributed by atoms with E-state index >= 15 is 0 Å². The van der Waals surface area contributed by atoms with Gasteiger partial charge in [-0.1, -0.05) is 13.8 Å². The number of rotatable bonds is 5. The fraction of sp³-hybridized carbons (Fsp3) is 0.588. The van der Waals surface area contributed by atoms with Gasteiger partial charge in [-0.15, -0.1) is 0 Å². The van der Waals surface area contributed by atoms with Crippen LogP contribution in [0.15, 0.2) is 18.6 Å². The van der Waals surface area contributed by atoms with Crippen molar-refractivity contribution in [1.82, 2.24) is 24.4 Å². The minimum absolute atomic E-state index is 0.122. The molecule has 2 N–H and O–H groups in total. The summed E-state index contributed by atoms with van der Waals surface area (Å²) in [6.07, 6.45) is 3.88. The second-order valence-corrected chi connectivity index (χ2v) is 6.42. The molecule has 0 radical (unpaired) electrons. The monoisotopic (exact) mass is 347 g/mol. The average molecular weight is 347 g/mol. The van der Waals surface area contributed by atoms with E-state index < -0.39 is 12.2 Å². The molecule has 3 rings (SSSR count). The number of aromatic nitrogens is 3. The minimum atomic E-state index is -0.909. The molecule has 136 valence electrons. The number of aliphatic hydroxyl groups excluding tert-OH is 2. The maximum Gasteiger partial charge on any atom is 0.259 e. The molecule has 2 aromatic heterocycles. The molecular formula is C17H25N5O3. The van der Waals surface area contributed by atoms with Crippen LogP contribution in [0, 0.1) is 0 Å². The van der Waals surface area contributed by atoms with E-state index in [0.717, 1.165) is 25.2 Å². The number of carbonyl (C=O) groups is 1. The molecule has 8 heteroatoms. The maximum absolute atomic E-state index is 12.7. The van der Waals surface area contributed by atoms with Crippen LogP contribution in [0.3, 0.4) is 0 Å². The lowest BCUT2D eigenvalue weighted by atomic mass is 10.0. The Kier molecular flexibility index (Phi) is 5.31. The number of fused-ring (bicyclic) bond motifs is 1. The van der Waals surface area contributed by atoms with E-state index in [9.17, 15) is 15.0 Å². The number of nitrogens with zero attached hydrogens (tertiary/aromatic N) is 5. The number of aliphatic hydroxyl groups is 2. The molecule has 0 spiro atoms. The van der Waals surface area contributed by atoms with Crippen molar-refractivity contribution >= 4 is 11.6 Å². The summed E-state index contributed by atoms with van der Waals surface area (Å²) in [5, 5.41) is 23.7. The zero-order valence-corrected chi connectivity index (χ0v) is 14.7. The van der Waals surface area contributed by atoms with Crippen LogP contribution in [0.4, 0.5) is 0 Å². The largest absolute Gasteiger partial charge is 0.390 e. The summed E-state index contributed by atoms with van der Waals surface area (Å²) in [7, 11) is 0. The molecule has 0 unspecified atom stereocenters. The molecule has 0 bridgehead atoms. The van der Waals surface area contributed by atoms with Gasteiger partial charge in [0.1, 0.15) is 5.56 Å². The van der Waals surface area contributed by atoms with Crippen molar-refractivity contribution in [2.24, 2.45) is 0 Å². The number of β-amino-alcohol motifs (C(OH)–C–C–N with tert-alkyl or cyclic N) is 1. The van der Waals surface area contributed by atoms with Gasteiger partial charge < -0.3 is 15.1 Å². The number of hydrogen-bond acceptors (Lipinski definition) is 6. The van der Waals surface area contributed by atoms with Crippen LogP contribution in [0.2, 0.25) is 0 Å². The Hall–Kier alpha value is -2.03. The van der Waals surface area contributed by atoms with Crippen LogP contribution in [0.1, 0.15) is 36.2 Å². The van der Waals surface area contributed by atoms with E-state index in [1.54, 1.807) is 15.6 Å². The standard InChI is InChI=1S/C17H25N5O3/c1-3-20(4-2)9-12-7-18-16-13(8-19-22(16)10-12)17(25)21-6-5-14(23)15(24)11-21/h7-8,10,14-15,23-24H,3-6,9,11H2,1-2H3/t14-,15-/m1/s1. The van der Waals surface area contributed by atoms with Gasteiger partial charge in [-0.25, -0.2) is 9.50 Å². The lowest BCUT2D eigenvalue weighted by Gasteiger charge is -2.33. The van der Waals surface area contributed by atoms with E-state index in [1.165, 1.54) is 6.20 Å². The zero-order chi connectivity index (χ0) is 18.0. The molecule has 1 amide bonds. The molecule has 1 saturated heterocycles. The highest BCUT2D eigenvalue weighted by Crippen LogP contribution is 2.17. The minimum Gasteiger partial charge on any atom is -0.390 e. The van der Waals surface area contributed by atoms with Gasteiger partial charge in [0, 0.05) is 37.6 Å². The molecule has 1 aliphatic heterocycles. The van der Waals surface area contributed by atoms with Crippen molar-refractivity contribution in [1.29, 1.82) is 0 Å². The first-order valence-electron chi connectivity index (χ1n) is 8.73. The van der Waals surface area contributed by atoms with Crippen molar-refractivity contribution in [2.75, 3.05) is 26.2 Å². The Morgan fingerprint density at radius 3 is 2.72 bits per heavy atom. The number of amides is 1. The second kappa shape index (κ2) is 7.47. The first kappa shape index (κ1) is 17.8. The molecule has 1 fully saturated rings. The molecule has 8 nitrogen and oxygen atoms in total. The van der Waals surface area contributed by atoms with Gasteiger partial charge in [0.15, 0.2) is 5.65 Å². The molecule has 0 saturated carbocycles. The molecule has 0 aliphatic carbocycles. The molecule has 2 aromatic rings. The highest BCUT2D eigenvalue weighted by Gasteiger charge is 2.30. The third-order valence-corrected chi connectivity index (χ3v) is 4.77. The van der Waals surface area contributed by atoms with Crippen molar-refractivity contribution < 1.29 is 15.0 Å². The Morgan fingerprint density at radius 1 is 1.28 bits per heavy atom. The average Bonchev–Trinajstić information content (AvgIpc) is 3.04. The topological polar surface area (TPSA) is 94.2 Å². The summed E-state index contributed by atoms with van der Waals surface area (Å²) < 4.78 is 1.63. The fourth-order valence-corrected chi connectivity index (χ4v) is 3.13. The Morgan fingerprint density at radius 2 is 2.04 bits per heavy atom. The lowest BCUT2D eigenvalue weighted by molar-refractivity contribution is -0.0321. The third kappa shape index (κ3) is 3.65. The number of hydrogen-bond donors (Lipinski definition) is 2. The smallest absolute Gasteiger partial charge is 0.259 e. The molecule has 0 aromatic carbocycles. The van der Waals surface area contributed by atoms with E-state index in [4.69, 9.17) is 0 Å². The number of carbonyl (C=O) groups excluding carboxylic acids is 1. The van der Waals surface area contributed by atoms with Crippen LogP contribution >= 0.6 is 0 Å². The summed E-state index contributed by atoms with van der Waals surface area (Å²) >= 11 is 0. The number of likely N-dealkylation sites (tertiary alicyclic amines) is 1. The third-order valence-electron chi connectivity index (χ3n) is 4.77. The van der Waals surface area contributed by atoms with E-state index in [1.807, 2.05) is 6.20 Å². The van der Waals surface area contributed by atoms with Gasteiger partial charge in [-0.05, 0) is 19.5 Å². The van der Waals surface area contributed by atoms with Crippen molar-refractivity contribution in [2.45, 2.75) is 39.0 Å². The van der Waals surface area contributed by atoms with E-state index in [2.05, 4.69) is 28.8 Å². The zero-order valence-electron chi connectivity index (χ0n) is 14.7. The molecule has 3 heterocycles. The summed E-state index contributed by atoms with van der Waals surface area (Å²) in [4.78, 5) is 21.0. The van der Waals surface area contributed by atoms with Gasteiger partial charge in [-0.3, -0.25) is 9.69 Å². The SMILES string of the molecule is CCN(CC)Cc1cnc2c(C(=O)N3CC[C@@H](O)[C@H](O)C3)cnn2c1. The fourth-order valence-electron chi connectivity index (χ4n) is 3.13. The van der Waals surface area contributed by atoms with Gasteiger partial charge >= 0.3 is 0 Å². The predicted molar refractivity (Wildman–Crippen MR) is 92.1 cm³/mol. The van der Waals surface area contributed by atoms with Gasteiger partial charge in [0.2, 0.25) is 0 Å². The highest BCUT2D eigenvalue weighted by atomic mass is 16.3. The molecule has 1 aliphatic rings. The molecule has 2 atom stereocenters. The number of piperidine rings is 1. The summed E-state index contributed by atoms with van der Waals surface area (Å²) in [5.74, 6) is -0.218. The highest BCUT2D eigenvalue weighted by molar-refractivity contribution is 5.99. The summed E-state index contributed by atoms with van der Waals surface area (Å²) in [6.45, 7) is 7.47. The van der Waals surface area contributed by atoms with Crippen molar-refractivity contribution in [3.63, 3.8) is 0 Å². The quantitative estimate of drug-likeness (QED) is 0.799. The Labute approximate surface area is 146 Å². The van der Waals surface area contributed by atoms with Gasteiger partial charge in [-0.2, -0.15) is 5.10 Å². The van der Waals surface area contributed by atoms with Gasteiger partial charge in [0.25, 0.3) is 5.91 Å².